The highest BCUT2D eigenvalue weighted by molar-refractivity contribution is 5.39. The first kappa shape index (κ1) is 16.8. The zero-order chi connectivity index (χ0) is 15.2. The monoisotopic (exact) mass is 279 g/mol. The lowest BCUT2D eigenvalue weighted by molar-refractivity contribution is 0.133. The summed E-state index contributed by atoms with van der Waals surface area (Å²) in [4.78, 5) is 0. The molecule has 0 saturated carbocycles. The molecule has 0 bridgehead atoms. The van der Waals surface area contributed by atoms with Crippen molar-refractivity contribution in [3.63, 3.8) is 0 Å². The molecule has 0 aliphatic heterocycles. The van der Waals surface area contributed by atoms with Crippen molar-refractivity contribution in [2.75, 3.05) is 13.2 Å². The predicted octanol–water partition coefficient (Wildman–Crippen LogP) is 3.88. The first-order valence-electron chi connectivity index (χ1n) is 7.47. The number of hydrogen-bond acceptors (Lipinski definition) is 3. The molecular formula is C17H29NO2. The van der Waals surface area contributed by atoms with Crippen LogP contribution in [-0.2, 0) is 0 Å². The molecule has 114 valence electrons. The molecule has 0 spiro atoms. The smallest absolute Gasteiger partial charge is 0.161 e. The van der Waals surface area contributed by atoms with E-state index in [9.17, 15) is 0 Å². The average Bonchev–Trinajstić information content (AvgIpc) is 2.35. The summed E-state index contributed by atoms with van der Waals surface area (Å²) >= 11 is 0. The van der Waals surface area contributed by atoms with E-state index in [-0.39, 0.29) is 11.6 Å². The van der Waals surface area contributed by atoms with Crippen LogP contribution in [0.4, 0.5) is 0 Å². The number of para-hydroxylation sites is 2. The molecule has 0 heterocycles. The van der Waals surface area contributed by atoms with Gasteiger partial charge >= 0.3 is 0 Å². The molecule has 1 aromatic carbocycles. The maximum absolute atomic E-state index is 6.17. The number of hydrogen-bond donors (Lipinski definition) is 1. The van der Waals surface area contributed by atoms with E-state index in [4.69, 9.17) is 9.47 Å². The summed E-state index contributed by atoms with van der Waals surface area (Å²) in [5.74, 6) is 2.07. The molecule has 0 aliphatic rings. The van der Waals surface area contributed by atoms with Crippen molar-refractivity contribution in [1.82, 2.24) is 5.32 Å². The SMILES string of the molecule is CCOc1ccccc1OC(CNC(C)(C)C)C(C)C. The third-order valence-electron chi connectivity index (χ3n) is 3.00. The predicted molar refractivity (Wildman–Crippen MR) is 84.6 cm³/mol. The molecule has 20 heavy (non-hydrogen) atoms. The molecule has 0 aromatic heterocycles. The summed E-state index contributed by atoms with van der Waals surface area (Å²) in [7, 11) is 0. The average molecular weight is 279 g/mol. The van der Waals surface area contributed by atoms with Crippen LogP contribution in [0.2, 0.25) is 0 Å². The Hall–Kier alpha value is -1.22. The summed E-state index contributed by atoms with van der Waals surface area (Å²) in [6, 6.07) is 7.87. The van der Waals surface area contributed by atoms with Crippen molar-refractivity contribution in [2.24, 2.45) is 5.92 Å². The molecule has 0 radical (unpaired) electrons. The van der Waals surface area contributed by atoms with Crippen LogP contribution in [0, 0.1) is 5.92 Å². The second-order valence-electron chi connectivity index (χ2n) is 6.41. The van der Waals surface area contributed by atoms with Gasteiger partial charge < -0.3 is 14.8 Å². The van der Waals surface area contributed by atoms with Crippen molar-refractivity contribution in [1.29, 1.82) is 0 Å². The Morgan fingerprint density at radius 1 is 1.10 bits per heavy atom. The summed E-state index contributed by atoms with van der Waals surface area (Å²) in [6.07, 6.45) is 0.121. The minimum atomic E-state index is 0.0932. The standard InChI is InChI=1S/C17H29NO2/c1-7-19-14-10-8-9-11-15(14)20-16(13(2)3)12-18-17(4,5)6/h8-11,13,16,18H,7,12H2,1-6H3. The third-order valence-corrected chi connectivity index (χ3v) is 3.00. The van der Waals surface area contributed by atoms with Gasteiger partial charge in [-0.1, -0.05) is 26.0 Å². The van der Waals surface area contributed by atoms with Crippen LogP contribution in [0.5, 0.6) is 11.5 Å². The quantitative estimate of drug-likeness (QED) is 0.821. The van der Waals surface area contributed by atoms with E-state index in [1.165, 1.54) is 0 Å². The topological polar surface area (TPSA) is 30.5 Å². The normalized spacial score (nSPS) is 13.3. The van der Waals surface area contributed by atoms with Crippen LogP contribution in [0.15, 0.2) is 24.3 Å². The Balaban J connectivity index is 2.75. The van der Waals surface area contributed by atoms with Crippen LogP contribution in [0.3, 0.4) is 0 Å². The zero-order valence-electron chi connectivity index (χ0n) is 13.7. The highest BCUT2D eigenvalue weighted by atomic mass is 16.5. The van der Waals surface area contributed by atoms with Crippen molar-refractivity contribution in [3.8, 4) is 11.5 Å². The lowest BCUT2D eigenvalue weighted by Crippen LogP contribution is -2.44. The van der Waals surface area contributed by atoms with Gasteiger partial charge in [-0.3, -0.25) is 0 Å². The van der Waals surface area contributed by atoms with E-state index >= 15 is 0 Å². The minimum absolute atomic E-state index is 0.0932. The number of benzene rings is 1. The molecule has 1 atom stereocenters. The van der Waals surface area contributed by atoms with Gasteiger partial charge in [-0.2, -0.15) is 0 Å². The van der Waals surface area contributed by atoms with Gasteiger partial charge in [0.25, 0.3) is 0 Å². The number of ether oxygens (including phenoxy) is 2. The third kappa shape index (κ3) is 5.83. The van der Waals surface area contributed by atoms with Gasteiger partial charge in [-0.25, -0.2) is 0 Å². The van der Waals surface area contributed by atoms with Crippen LogP contribution < -0.4 is 14.8 Å². The first-order chi connectivity index (χ1) is 9.33. The molecule has 3 nitrogen and oxygen atoms in total. The van der Waals surface area contributed by atoms with Crippen molar-refractivity contribution >= 4 is 0 Å². The van der Waals surface area contributed by atoms with E-state index in [1.807, 2.05) is 31.2 Å². The summed E-state index contributed by atoms with van der Waals surface area (Å²) < 4.78 is 11.8. The van der Waals surface area contributed by atoms with Crippen LogP contribution in [0.1, 0.15) is 41.5 Å². The Morgan fingerprint density at radius 2 is 1.70 bits per heavy atom. The molecule has 0 amide bonds. The van der Waals surface area contributed by atoms with Gasteiger partial charge in [0.2, 0.25) is 0 Å². The highest BCUT2D eigenvalue weighted by Crippen LogP contribution is 2.28. The van der Waals surface area contributed by atoms with Gasteiger partial charge in [0, 0.05) is 12.1 Å². The van der Waals surface area contributed by atoms with E-state index in [0.29, 0.717) is 12.5 Å². The molecule has 1 unspecified atom stereocenters. The fraction of sp³-hybridized carbons (Fsp3) is 0.647. The van der Waals surface area contributed by atoms with Crippen LogP contribution in [-0.4, -0.2) is 24.8 Å². The van der Waals surface area contributed by atoms with Crippen LogP contribution in [0.25, 0.3) is 0 Å². The summed E-state index contributed by atoms with van der Waals surface area (Å²) in [5, 5.41) is 3.51. The lowest BCUT2D eigenvalue weighted by Gasteiger charge is -2.28. The van der Waals surface area contributed by atoms with Crippen molar-refractivity contribution in [2.45, 2.75) is 53.2 Å². The fourth-order valence-electron chi connectivity index (χ4n) is 1.81. The zero-order valence-corrected chi connectivity index (χ0v) is 13.7. The van der Waals surface area contributed by atoms with Crippen molar-refractivity contribution in [3.05, 3.63) is 24.3 Å². The largest absolute Gasteiger partial charge is 0.490 e. The van der Waals surface area contributed by atoms with E-state index in [0.717, 1.165) is 18.0 Å². The lowest BCUT2D eigenvalue weighted by atomic mass is 10.0. The Morgan fingerprint density at radius 3 is 2.20 bits per heavy atom. The maximum atomic E-state index is 6.17. The number of nitrogens with one attached hydrogen (secondary N) is 1. The first-order valence-corrected chi connectivity index (χ1v) is 7.47. The maximum Gasteiger partial charge on any atom is 0.161 e. The van der Waals surface area contributed by atoms with Gasteiger partial charge in [0.15, 0.2) is 11.5 Å². The second kappa shape index (κ2) is 7.53. The Labute approximate surface area is 123 Å². The summed E-state index contributed by atoms with van der Waals surface area (Å²) in [5.41, 5.74) is 0.0932. The molecule has 0 fully saturated rings. The molecule has 1 N–H and O–H groups in total. The van der Waals surface area contributed by atoms with Gasteiger partial charge in [0.05, 0.1) is 6.61 Å². The molecular weight excluding hydrogens is 250 g/mol. The second-order valence-corrected chi connectivity index (χ2v) is 6.41. The minimum Gasteiger partial charge on any atom is -0.490 e. The van der Waals surface area contributed by atoms with Crippen molar-refractivity contribution < 1.29 is 9.47 Å². The van der Waals surface area contributed by atoms with Gasteiger partial charge in [-0.15, -0.1) is 0 Å². The van der Waals surface area contributed by atoms with Crippen LogP contribution >= 0.6 is 0 Å². The molecule has 1 aromatic rings. The number of rotatable bonds is 7. The van der Waals surface area contributed by atoms with E-state index < -0.39 is 0 Å². The Kier molecular flexibility index (Phi) is 6.34. The summed E-state index contributed by atoms with van der Waals surface area (Å²) in [6.45, 7) is 14.3. The molecule has 0 saturated heterocycles. The van der Waals surface area contributed by atoms with Gasteiger partial charge in [-0.05, 0) is 45.7 Å². The molecule has 3 heteroatoms. The van der Waals surface area contributed by atoms with Gasteiger partial charge in [0.1, 0.15) is 6.10 Å². The highest BCUT2D eigenvalue weighted by Gasteiger charge is 2.20. The Bertz CT molecular complexity index is 396. The molecule has 1 rings (SSSR count). The fourth-order valence-corrected chi connectivity index (χ4v) is 1.81. The molecule has 0 aliphatic carbocycles. The van der Waals surface area contributed by atoms with E-state index in [2.05, 4.69) is 39.9 Å². The van der Waals surface area contributed by atoms with E-state index in [1.54, 1.807) is 0 Å².